The van der Waals surface area contributed by atoms with E-state index in [9.17, 15) is 4.79 Å². The van der Waals surface area contributed by atoms with Gasteiger partial charge in [0.2, 0.25) is 5.91 Å². The van der Waals surface area contributed by atoms with Crippen LogP contribution in [0.4, 0.5) is 0 Å². The molecule has 0 spiro atoms. The van der Waals surface area contributed by atoms with E-state index in [0.717, 1.165) is 63.4 Å². The Kier molecular flexibility index (Phi) is 7.84. The van der Waals surface area contributed by atoms with Gasteiger partial charge in [0, 0.05) is 45.7 Å². The van der Waals surface area contributed by atoms with Crippen molar-refractivity contribution in [1.29, 1.82) is 0 Å². The van der Waals surface area contributed by atoms with E-state index < -0.39 is 0 Å². The number of aliphatic imine (C=N–C) groups is 1. The summed E-state index contributed by atoms with van der Waals surface area (Å²) in [5, 5.41) is 3.63. The third-order valence-electron chi connectivity index (χ3n) is 7.34. The summed E-state index contributed by atoms with van der Waals surface area (Å²) in [4.78, 5) is 21.6. The summed E-state index contributed by atoms with van der Waals surface area (Å²) in [6, 6.07) is 11.0. The van der Waals surface area contributed by atoms with Crippen LogP contribution in [-0.2, 0) is 9.53 Å². The van der Waals surface area contributed by atoms with Gasteiger partial charge in [0.1, 0.15) is 0 Å². The quantitative estimate of drug-likeness (QED) is 0.594. The first-order valence-electron chi connectivity index (χ1n) is 12.1. The molecule has 0 aromatic heterocycles. The summed E-state index contributed by atoms with van der Waals surface area (Å²) in [5.41, 5.74) is 1.50. The summed E-state index contributed by atoms with van der Waals surface area (Å²) in [5.74, 6) is 2.92. The summed E-state index contributed by atoms with van der Waals surface area (Å²) in [7, 11) is 1.87. The van der Waals surface area contributed by atoms with Gasteiger partial charge in [-0.05, 0) is 55.9 Å². The van der Waals surface area contributed by atoms with Crippen LogP contribution in [0.3, 0.4) is 0 Å². The van der Waals surface area contributed by atoms with Gasteiger partial charge in [-0.1, -0.05) is 30.3 Å². The number of benzene rings is 1. The SMILES string of the molecule is CN=C(NCC1CCC(c2ccccc2)CC1)N1CCC(C(=O)N2CCOCC2)CC1. The number of likely N-dealkylation sites (tertiary alicyclic amines) is 1. The van der Waals surface area contributed by atoms with E-state index >= 15 is 0 Å². The van der Waals surface area contributed by atoms with Gasteiger partial charge in [-0.2, -0.15) is 0 Å². The van der Waals surface area contributed by atoms with Crippen LogP contribution in [0.2, 0.25) is 0 Å². The molecular weight excluding hydrogens is 388 g/mol. The Morgan fingerprint density at radius 1 is 0.968 bits per heavy atom. The molecule has 0 atom stereocenters. The molecule has 1 aromatic carbocycles. The predicted octanol–water partition coefficient (Wildman–Crippen LogP) is 3.11. The van der Waals surface area contributed by atoms with Crippen molar-refractivity contribution in [2.75, 3.05) is 53.0 Å². The van der Waals surface area contributed by atoms with E-state index in [1.807, 2.05) is 11.9 Å². The molecule has 0 unspecified atom stereocenters. The largest absolute Gasteiger partial charge is 0.378 e. The van der Waals surface area contributed by atoms with Crippen molar-refractivity contribution in [2.45, 2.75) is 44.4 Å². The van der Waals surface area contributed by atoms with Crippen molar-refractivity contribution in [2.24, 2.45) is 16.8 Å². The van der Waals surface area contributed by atoms with Gasteiger partial charge in [-0.15, -0.1) is 0 Å². The maximum absolute atomic E-state index is 12.8. The molecule has 31 heavy (non-hydrogen) atoms. The number of amides is 1. The summed E-state index contributed by atoms with van der Waals surface area (Å²) < 4.78 is 5.38. The maximum Gasteiger partial charge on any atom is 0.225 e. The summed E-state index contributed by atoms with van der Waals surface area (Å²) in [6.07, 6.45) is 6.95. The van der Waals surface area contributed by atoms with Gasteiger partial charge >= 0.3 is 0 Å². The van der Waals surface area contributed by atoms with Crippen LogP contribution >= 0.6 is 0 Å². The molecule has 170 valence electrons. The van der Waals surface area contributed by atoms with Crippen molar-refractivity contribution in [3.05, 3.63) is 35.9 Å². The fraction of sp³-hybridized carbons (Fsp3) is 0.680. The van der Waals surface area contributed by atoms with Gasteiger partial charge in [0.05, 0.1) is 13.2 Å². The molecule has 1 N–H and O–H groups in total. The third kappa shape index (κ3) is 5.79. The fourth-order valence-corrected chi connectivity index (χ4v) is 5.37. The number of nitrogens with zero attached hydrogens (tertiary/aromatic N) is 3. The van der Waals surface area contributed by atoms with E-state index in [4.69, 9.17) is 4.74 Å². The Balaban J connectivity index is 1.19. The summed E-state index contributed by atoms with van der Waals surface area (Å²) in [6.45, 7) is 5.65. The maximum atomic E-state index is 12.8. The molecule has 0 bridgehead atoms. The number of carbonyl (C=O) groups is 1. The topological polar surface area (TPSA) is 57.2 Å². The van der Waals surface area contributed by atoms with Crippen molar-refractivity contribution in [3.63, 3.8) is 0 Å². The predicted molar refractivity (Wildman–Crippen MR) is 124 cm³/mol. The number of ether oxygens (including phenoxy) is 1. The Hall–Kier alpha value is -2.08. The molecule has 3 fully saturated rings. The van der Waals surface area contributed by atoms with Crippen LogP contribution in [0, 0.1) is 11.8 Å². The normalized spacial score (nSPS) is 26.0. The lowest BCUT2D eigenvalue weighted by Gasteiger charge is -2.37. The standard InChI is InChI=1S/C25H38N4O2/c1-26-25(27-19-20-7-9-22(10-8-20)21-5-3-2-4-6-21)29-13-11-23(12-14-29)24(30)28-15-17-31-18-16-28/h2-6,20,22-23H,7-19H2,1H3,(H,26,27). The first-order valence-corrected chi connectivity index (χ1v) is 12.1. The molecule has 0 radical (unpaired) electrons. The van der Waals surface area contributed by atoms with E-state index in [-0.39, 0.29) is 5.92 Å². The number of rotatable bonds is 4. The van der Waals surface area contributed by atoms with Crippen LogP contribution in [-0.4, -0.2) is 74.7 Å². The van der Waals surface area contributed by atoms with Crippen LogP contribution in [0.1, 0.15) is 50.0 Å². The van der Waals surface area contributed by atoms with Crippen LogP contribution in [0.25, 0.3) is 0 Å². The van der Waals surface area contributed by atoms with Crippen molar-refractivity contribution >= 4 is 11.9 Å². The molecule has 1 aromatic rings. The lowest BCUT2D eigenvalue weighted by Crippen LogP contribution is -2.50. The number of hydrogen-bond acceptors (Lipinski definition) is 3. The first kappa shape index (κ1) is 22.1. The number of guanidine groups is 1. The van der Waals surface area contributed by atoms with Gasteiger partial charge in [-0.3, -0.25) is 9.79 Å². The van der Waals surface area contributed by atoms with E-state index in [2.05, 4.69) is 45.5 Å². The van der Waals surface area contributed by atoms with Crippen LogP contribution in [0.5, 0.6) is 0 Å². The first-order chi connectivity index (χ1) is 15.2. The second-order valence-electron chi connectivity index (χ2n) is 9.26. The lowest BCUT2D eigenvalue weighted by atomic mass is 9.79. The average Bonchev–Trinajstić information content (AvgIpc) is 2.86. The molecule has 6 nitrogen and oxygen atoms in total. The molecule has 2 heterocycles. The molecule has 1 aliphatic carbocycles. The minimum atomic E-state index is 0.153. The van der Waals surface area contributed by atoms with Crippen LogP contribution < -0.4 is 5.32 Å². The van der Waals surface area contributed by atoms with Crippen LogP contribution in [0.15, 0.2) is 35.3 Å². The van der Waals surface area contributed by atoms with E-state index in [1.54, 1.807) is 0 Å². The molecule has 2 saturated heterocycles. The fourth-order valence-electron chi connectivity index (χ4n) is 5.37. The number of carbonyl (C=O) groups excluding carboxylic acids is 1. The third-order valence-corrected chi connectivity index (χ3v) is 7.34. The highest BCUT2D eigenvalue weighted by molar-refractivity contribution is 5.81. The monoisotopic (exact) mass is 426 g/mol. The zero-order chi connectivity index (χ0) is 21.5. The zero-order valence-electron chi connectivity index (χ0n) is 19.0. The molecule has 6 heteroatoms. The number of nitrogens with one attached hydrogen (secondary N) is 1. The minimum absolute atomic E-state index is 0.153. The van der Waals surface area contributed by atoms with E-state index in [0.29, 0.717) is 19.1 Å². The Morgan fingerprint density at radius 3 is 2.29 bits per heavy atom. The van der Waals surface area contributed by atoms with Gasteiger partial charge < -0.3 is 19.9 Å². The molecular formula is C25H38N4O2. The Morgan fingerprint density at radius 2 is 1.65 bits per heavy atom. The highest BCUT2D eigenvalue weighted by Gasteiger charge is 2.30. The highest BCUT2D eigenvalue weighted by Crippen LogP contribution is 2.35. The molecule has 2 aliphatic heterocycles. The lowest BCUT2D eigenvalue weighted by molar-refractivity contribution is -0.140. The zero-order valence-corrected chi connectivity index (χ0v) is 19.0. The molecule has 4 rings (SSSR count). The highest BCUT2D eigenvalue weighted by atomic mass is 16.5. The Labute approximate surface area is 187 Å². The van der Waals surface area contributed by atoms with Crippen molar-refractivity contribution < 1.29 is 9.53 Å². The molecule has 3 aliphatic rings. The van der Waals surface area contributed by atoms with Gasteiger partial charge in [-0.25, -0.2) is 0 Å². The second-order valence-corrected chi connectivity index (χ2v) is 9.26. The van der Waals surface area contributed by atoms with Gasteiger partial charge in [0.15, 0.2) is 5.96 Å². The number of piperidine rings is 1. The number of morpholine rings is 1. The Bertz CT molecular complexity index is 716. The number of hydrogen-bond donors (Lipinski definition) is 1. The smallest absolute Gasteiger partial charge is 0.225 e. The molecule has 1 saturated carbocycles. The van der Waals surface area contributed by atoms with E-state index in [1.165, 1.54) is 31.2 Å². The van der Waals surface area contributed by atoms with Crippen molar-refractivity contribution in [3.8, 4) is 0 Å². The average molecular weight is 427 g/mol. The summed E-state index contributed by atoms with van der Waals surface area (Å²) >= 11 is 0. The van der Waals surface area contributed by atoms with Crippen molar-refractivity contribution in [1.82, 2.24) is 15.1 Å². The second kappa shape index (κ2) is 11.0. The minimum Gasteiger partial charge on any atom is -0.378 e. The van der Waals surface area contributed by atoms with Gasteiger partial charge in [0.25, 0.3) is 0 Å². The molecule has 1 amide bonds.